The Balaban J connectivity index is 2.59. The number of nitrogens with zero attached hydrogens (tertiary/aromatic N) is 1. The van der Waals surface area contributed by atoms with Gasteiger partial charge in [0.1, 0.15) is 5.25 Å². The predicted octanol–water partition coefficient (Wildman–Crippen LogP) is -0.259. The van der Waals surface area contributed by atoms with Crippen molar-refractivity contribution in [1.82, 2.24) is 4.90 Å². The number of carbonyl (C=O) groups excluding carboxylic acids is 1. The van der Waals surface area contributed by atoms with Gasteiger partial charge in [0.2, 0.25) is 5.91 Å². The minimum Gasteiger partial charge on any atom is -0.481 e. The van der Waals surface area contributed by atoms with Crippen molar-refractivity contribution < 1.29 is 23.1 Å². The van der Waals surface area contributed by atoms with E-state index in [9.17, 15) is 18.0 Å². The first kappa shape index (κ1) is 14.0. The number of hydrogen-bond donors (Lipinski definition) is 1. The van der Waals surface area contributed by atoms with E-state index in [1.807, 2.05) is 0 Å². The Morgan fingerprint density at radius 1 is 1.35 bits per heavy atom. The van der Waals surface area contributed by atoms with Crippen molar-refractivity contribution in [1.29, 1.82) is 0 Å². The summed E-state index contributed by atoms with van der Waals surface area (Å²) in [7, 11) is -1.88. The van der Waals surface area contributed by atoms with Crippen LogP contribution in [0.3, 0.4) is 0 Å². The lowest BCUT2D eigenvalue weighted by Gasteiger charge is -2.39. The van der Waals surface area contributed by atoms with Crippen LogP contribution in [-0.4, -0.2) is 54.9 Å². The Bertz CT molecular complexity index is 424. The number of amides is 1. The van der Waals surface area contributed by atoms with Crippen LogP contribution in [0, 0.1) is 5.92 Å². The summed E-state index contributed by atoms with van der Waals surface area (Å²) in [5, 5.41) is 7.64. The number of carboxylic acids is 1. The Hall–Kier alpha value is -1.11. The predicted molar refractivity (Wildman–Crippen MR) is 61.2 cm³/mol. The summed E-state index contributed by atoms with van der Waals surface area (Å²) in [5.74, 6) is -1.75. The van der Waals surface area contributed by atoms with E-state index >= 15 is 0 Å². The molecule has 1 atom stereocenters. The average molecular weight is 263 g/mol. The molecule has 0 spiro atoms. The second kappa shape index (κ2) is 4.64. The van der Waals surface area contributed by atoms with Crippen LogP contribution in [0.15, 0.2) is 0 Å². The largest absolute Gasteiger partial charge is 0.481 e. The number of carboxylic acid groups (broad SMARTS) is 1. The molecule has 1 rings (SSSR count). The number of hydrogen-bond acceptors (Lipinski definition) is 4. The minimum absolute atomic E-state index is 0.159. The highest BCUT2D eigenvalue weighted by molar-refractivity contribution is 7.92. The van der Waals surface area contributed by atoms with E-state index in [1.165, 1.54) is 18.9 Å². The van der Waals surface area contributed by atoms with Crippen molar-refractivity contribution in [2.75, 3.05) is 13.3 Å². The first-order valence-electron chi connectivity index (χ1n) is 5.33. The molecule has 0 aliphatic heterocycles. The Morgan fingerprint density at radius 3 is 2.18 bits per heavy atom. The lowest BCUT2D eigenvalue weighted by atomic mass is 9.79. The molecule has 0 aromatic heterocycles. The molecule has 0 aromatic carbocycles. The number of carbonyl (C=O) groups is 2. The van der Waals surface area contributed by atoms with Crippen molar-refractivity contribution in [3.8, 4) is 0 Å². The highest BCUT2D eigenvalue weighted by atomic mass is 32.2. The molecule has 0 heterocycles. The van der Waals surface area contributed by atoms with E-state index in [-0.39, 0.29) is 6.04 Å². The fourth-order valence-corrected chi connectivity index (χ4v) is 2.29. The van der Waals surface area contributed by atoms with Crippen molar-refractivity contribution in [2.24, 2.45) is 5.92 Å². The second-order valence-corrected chi connectivity index (χ2v) is 6.95. The molecular weight excluding hydrogens is 246 g/mol. The molecule has 1 fully saturated rings. The van der Waals surface area contributed by atoms with Gasteiger partial charge < -0.3 is 10.0 Å². The van der Waals surface area contributed by atoms with Gasteiger partial charge in [0, 0.05) is 19.3 Å². The monoisotopic (exact) mass is 263 g/mol. The van der Waals surface area contributed by atoms with Crippen LogP contribution in [0.2, 0.25) is 0 Å². The highest BCUT2D eigenvalue weighted by Crippen LogP contribution is 2.31. The first-order chi connectivity index (χ1) is 7.64. The van der Waals surface area contributed by atoms with Crippen LogP contribution in [0.5, 0.6) is 0 Å². The topological polar surface area (TPSA) is 91.8 Å². The summed E-state index contributed by atoms with van der Waals surface area (Å²) < 4.78 is 22.5. The second-order valence-electron chi connectivity index (χ2n) is 4.58. The lowest BCUT2D eigenvalue weighted by Crippen LogP contribution is -2.51. The molecular formula is C10H17NO5S. The van der Waals surface area contributed by atoms with Crippen molar-refractivity contribution >= 4 is 21.7 Å². The third-order valence-corrected chi connectivity index (χ3v) is 4.83. The average Bonchev–Trinajstić information content (AvgIpc) is 2.10. The molecule has 1 saturated carbocycles. The summed E-state index contributed by atoms with van der Waals surface area (Å²) in [6.07, 6.45) is 1.81. The van der Waals surface area contributed by atoms with Gasteiger partial charge in [-0.05, 0) is 19.8 Å². The molecule has 1 unspecified atom stereocenters. The quantitative estimate of drug-likeness (QED) is 0.754. The van der Waals surface area contributed by atoms with Crippen molar-refractivity contribution in [3.05, 3.63) is 0 Å². The van der Waals surface area contributed by atoms with E-state index in [2.05, 4.69) is 0 Å². The van der Waals surface area contributed by atoms with Crippen LogP contribution in [0.25, 0.3) is 0 Å². The van der Waals surface area contributed by atoms with Crippen molar-refractivity contribution in [3.63, 3.8) is 0 Å². The Kier molecular flexibility index (Phi) is 3.81. The molecule has 0 bridgehead atoms. The molecule has 1 aliphatic rings. The van der Waals surface area contributed by atoms with Crippen LogP contribution in [-0.2, 0) is 19.4 Å². The van der Waals surface area contributed by atoms with Gasteiger partial charge in [-0.15, -0.1) is 0 Å². The normalized spacial score (nSPS) is 25.8. The molecule has 0 saturated heterocycles. The van der Waals surface area contributed by atoms with Crippen LogP contribution in [0.1, 0.15) is 19.8 Å². The summed E-state index contributed by atoms with van der Waals surface area (Å²) >= 11 is 0. The van der Waals surface area contributed by atoms with E-state index in [1.54, 1.807) is 0 Å². The van der Waals surface area contributed by atoms with Crippen LogP contribution < -0.4 is 0 Å². The lowest BCUT2D eigenvalue weighted by molar-refractivity contribution is -0.149. The van der Waals surface area contributed by atoms with Gasteiger partial charge in [0.05, 0.1) is 5.92 Å². The van der Waals surface area contributed by atoms with Gasteiger partial charge in [-0.3, -0.25) is 9.59 Å². The maximum atomic E-state index is 11.8. The molecule has 6 nitrogen and oxygen atoms in total. The minimum atomic E-state index is -3.40. The summed E-state index contributed by atoms with van der Waals surface area (Å²) in [5.41, 5.74) is 0. The maximum Gasteiger partial charge on any atom is 0.306 e. The zero-order chi connectivity index (χ0) is 13.4. The van der Waals surface area contributed by atoms with Gasteiger partial charge >= 0.3 is 5.97 Å². The molecule has 1 aliphatic carbocycles. The molecule has 7 heteroatoms. The Labute approximate surface area is 101 Å². The van der Waals surface area contributed by atoms with Crippen LogP contribution >= 0.6 is 0 Å². The van der Waals surface area contributed by atoms with Gasteiger partial charge in [-0.25, -0.2) is 8.42 Å². The zero-order valence-electron chi connectivity index (χ0n) is 10.1. The standard InChI is InChI=1S/C10H17NO5S/c1-6(17(3,15)16)9(12)11(2)8-4-7(5-8)10(13)14/h6-8H,4-5H2,1-3H3,(H,13,14). The van der Waals surface area contributed by atoms with Crippen molar-refractivity contribution in [2.45, 2.75) is 31.1 Å². The summed E-state index contributed by atoms with van der Waals surface area (Å²) in [6, 6.07) is -0.159. The molecule has 1 amide bonds. The van der Waals surface area contributed by atoms with Gasteiger partial charge in [-0.1, -0.05) is 0 Å². The summed E-state index contributed by atoms with van der Waals surface area (Å²) in [4.78, 5) is 23.8. The zero-order valence-corrected chi connectivity index (χ0v) is 10.9. The van der Waals surface area contributed by atoms with Crippen LogP contribution in [0.4, 0.5) is 0 Å². The first-order valence-corrected chi connectivity index (χ1v) is 7.28. The van der Waals surface area contributed by atoms with E-state index in [4.69, 9.17) is 5.11 Å². The molecule has 0 radical (unpaired) electrons. The fourth-order valence-electron chi connectivity index (χ4n) is 1.76. The maximum absolute atomic E-state index is 11.8. The Morgan fingerprint density at radius 2 is 1.82 bits per heavy atom. The van der Waals surface area contributed by atoms with Gasteiger partial charge in [0.25, 0.3) is 0 Å². The smallest absolute Gasteiger partial charge is 0.306 e. The molecule has 0 aromatic rings. The number of aliphatic carboxylic acids is 1. The molecule has 1 N–H and O–H groups in total. The molecule has 17 heavy (non-hydrogen) atoms. The number of sulfone groups is 1. The third kappa shape index (κ3) is 2.96. The summed E-state index contributed by atoms with van der Waals surface area (Å²) in [6.45, 7) is 1.35. The third-order valence-electron chi connectivity index (χ3n) is 3.35. The fraction of sp³-hybridized carbons (Fsp3) is 0.800. The highest BCUT2D eigenvalue weighted by Gasteiger charge is 2.40. The van der Waals surface area contributed by atoms with Gasteiger partial charge in [0.15, 0.2) is 9.84 Å². The number of rotatable bonds is 4. The molecule has 98 valence electrons. The SMILES string of the molecule is CC(C(=O)N(C)C1CC(C(=O)O)C1)S(C)(=O)=O. The van der Waals surface area contributed by atoms with E-state index < -0.39 is 32.9 Å². The van der Waals surface area contributed by atoms with E-state index in [0.29, 0.717) is 12.8 Å². The van der Waals surface area contributed by atoms with Gasteiger partial charge in [-0.2, -0.15) is 0 Å². The van der Waals surface area contributed by atoms with E-state index in [0.717, 1.165) is 6.26 Å².